The predicted octanol–water partition coefficient (Wildman–Crippen LogP) is 1.66. The molecule has 0 atom stereocenters. The standard InChI is InChI=1S/C7H14ClNS/c8-2-4-9-3-1-6-10-7-5-9/h1-7H2. The van der Waals surface area contributed by atoms with Crippen molar-refractivity contribution in [2.75, 3.05) is 37.0 Å². The summed E-state index contributed by atoms with van der Waals surface area (Å²) < 4.78 is 0. The van der Waals surface area contributed by atoms with Gasteiger partial charge in [0.1, 0.15) is 0 Å². The zero-order valence-electron chi connectivity index (χ0n) is 6.18. The summed E-state index contributed by atoms with van der Waals surface area (Å²) in [5.41, 5.74) is 0. The highest BCUT2D eigenvalue weighted by atomic mass is 35.5. The first-order valence-electron chi connectivity index (χ1n) is 3.79. The van der Waals surface area contributed by atoms with Crippen LogP contribution in [0, 0.1) is 0 Å². The average Bonchev–Trinajstić information content (AvgIpc) is 2.17. The van der Waals surface area contributed by atoms with Crippen LogP contribution in [0.1, 0.15) is 6.42 Å². The number of rotatable bonds is 2. The first-order chi connectivity index (χ1) is 4.93. The van der Waals surface area contributed by atoms with Crippen LogP contribution < -0.4 is 0 Å². The van der Waals surface area contributed by atoms with Gasteiger partial charge in [0.25, 0.3) is 0 Å². The van der Waals surface area contributed by atoms with Crippen LogP contribution in [0.2, 0.25) is 0 Å². The molecule has 0 radical (unpaired) electrons. The monoisotopic (exact) mass is 179 g/mol. The maximum Gasteiger partial charge on any atom is 0.0351 e. The molecule has 0 saturated carbocycles. The Morgan fingerprint density at radius 1 is 1.30 bits per heavy atom. The third-order valence-electron chi connectivity index (χ3n) is 1.72. The van der Waals surface area contributed by atoms with Crippen molar-refractivity contribution < 1.29 is 0 Å². The van der Waals surface area contributed by atoms with Crippen molar-refractivity contribution in [1.82, 2.24) is 4.90 Å². The van der Waals surface area contributed by atoms with Crippen molar-refractivity contribution in [3.8, 4) is 0 Å². The van der Waals surface area contributed by atoms with E-state index in [1.54, 1.807) is 0 Å². The van der Waals surface area contributed by atoms with E-state index in [2.05, 4.69) is 16.7 Å². The Balaban J connectivity index is 2.15. The SMILES string of the molecule is ClCCN1CCCSCC1. The van der Waals surface area contributed by atoms with Gasteiger partial charge in [0.05, 0.1) is 0 Å². The van der Waals surface area contributed by atoms with Crippen LogP contribution in [0.4, 0.5) is 0 Å². The number of alkyl halides is 1. The largest absolute Gasteiger partial charge is 0.301 e. The number of halogens is 1. The van der Waals surface area contributed by atoms with Gasteiger partial charge in [0, 0.05) is 24.7 Å². The van der Waals surface area contributed by atoms with Crippen LogP contribution in [0.15, 0.2) is 0 Å². The summed E-state index contributed by atoms with van der Waals surface area (Å²) in [6, 6.07) is 0. The summed E-state index contributed by atoms with van der Waals surface area (Å²) in [5.74, 6) is 3.40. The van der Waals surface area contributed by atoms with Gasteiger partial charge >= 0.3 is 0 Å². The van der Waals surface area contributed by atoms with Gasteiger partial charge in [0.2, 0.25) is 0 Å². The van der Waals surface area contributed by atoms with E-state index >= 15 is 0 Å². The van der Waals surface area contributed by atoms with Crippen molar-refractivity contribution in [1.29, 1.82) is 0 Å². The lowest BCUT2D eigenvalue weighted by Gasteiger charge is -2.16. The highest BCUT2D eigenvalue weighted by molar-refractivity contribution is 7.99. The molecular formula is C7H14ClNS. The van der Waals surface area contributed by atoms with E-state index in [1.807, 2.05) is 0 Å². The fourth-order valence-corrected chi connectivity index (χ4v) is 2.30. The average molecular weight is 180 g/mol. The van der Waals surface area contributed by atoms with E-state index < -0.39 is 0 Å². The fourth-order valence-electron chi connectivity index (χ4n) is 1.14. The maximum atomic E-state index is 5.64. The van der Waals surface area contributed by atoms with Crippen LogP contribution >= 0.6 is 23.4 Å². The van der Waals surface area contributed by atoms with E-state index in [0.717, 1.165) is 12.4 Å². The van der Waals surface area contributed by atoms with E-state index in [9.17, 15) is 0 Å². The molecule has 0 unspecified atom stereocenters. The second kappa shape index (κ2) is 5.28. The molecule has 1 saturated heterocycles. The molecule has 3 heteroatoms. The minimum Gasteiger partial charge on any atom is -0.301 e. The lowest BCUT2D eigenvalue weighted by Crippen LogP contribution is -2.27. The van der Waals surface area contributed by atoms with E-state index in [4.69, 9.17) is 11.6 Å². The predicted molar refractivity (Wildman–Crippen MR) is 49.1 cm³/mol. The summed E-state index contributed by atoms with van der Waals surface area (Å²) in [4.78, 5) is 2.45. The molecule has 1 aliphatic rings. The normalized spacial score (nSPS) is 22.5. The summed E-state index contributed by atoms with van der Waals surface area (Å²) in [5, 5.41) is 0. The second-order valence-corrected chi connectivity index (χ2v) is 4.10. The summed E-state index contributed by atoms with van der Waals surface area (Å²) >= 11 is 7.70. The van der Waals surface area contributed by atoms with Crippen molar-refractivity contribution in [2.45, 2.75) is 6.42 Å². The zero-order chi connectivity index (χ0) is 7.23. The molecule has 1 aliphatic heterocycles. The van der Waals surface area contributed by atoms with Crippen molar-refractivity contribution >= 4 is 23.4 Å². The van der Waals surface area contributed by atoms with Crippen molar-refractivity contribution in [3.63, 3.8) is 0 Å². The molecule has 0 N–H and O–H groups in total. The molecule has 0 aromatic rings. The Labute approximate surface area is 72.1 Å². The second-order valence-electron chi connectivity index (χ2n) is 2.50. The first kappa shape index (κ1) is 8.69. The summed E-state index contributed by atoms with van der Waals surface area (Å²) in [6.07, 6.45) is 1.33. The van der Waals surface area contributed by atoms with Crippen LogP contribution in [0.5, 0.6) is 0 Å². The number of nitrogens with zero attached hydrogens (tertiary/aromatic N) is 1. The minimum atomic E-state index is 0.782. The molecule has 0 spiro atoms. The zero-order valence-corrected chi connectivity index (χ0v) is 7.76. The molecule has 0 bridgehead atoms. The molecule has 0 aliphatic carbocycles. The molecule has 1 nitrogen and oxygen atoms in total. The molecule has 1 rings (SSSR count). The van der Waals surface area contributed by atoms with Crippen LogP contribution in [0.25, 0.3) is 0 Å². The third kappa shape index (κ3) is 3.13. The van der Waals surface area contributed by atoms with E-state index in [1.165, 1.54) is 31.0 Å². The summed E-state index contributed by atoms with van der Waals surface area (Å²) in [6.45, 7) is 3.55. The van der Waals surface area contributed by atoms with Gasteiger partial charge in [-0.1, -0.05) is 0 Å². The lowest BCUT2D eigenvalue weighted by molar-refractivity contribution is 0.314. The van der Waals surface area contributed by atoms with Crippen molar-refractivity contribution in [3.05, 3.63) is 0 Å². The Morgan fingerprint density at radius 2 is 2.20 bits per heavy atom. The van der Waals surface area contributed by atoms with Crippen LogP contribution in [-0.2, 0) is 0 Å². The number of hydrogen-bond donors (Lipinski definition) is 0. The van der Waals surface area contributed by atoms with Crippen LogP contribution in [-0.4, -0.2) is 41.9 Å². The van der Waals surface area contributed by atoms with Gasteiger partial charge < -0.3 is 4.90 Å². The summed E-state index contributed by atoms with van der Waals surface area (Å²) in [7, 11) is 0. The Hall–Kier alpha value is 0.600. The molecule has 0 aromatic heterocycles. The van der Waals surface area contributed by atoms with Gasteiger partial charge in [-0.2, -0.15) is 11.8 Å². The lowest BCUT2D eigenvalue weighted by atomic mass is 10.4. The fraction of sp³-hybridized carbons (Fsp3) is 1.00. The Morgan fingerprint density at radius 3 is 3.00 bits per heavy atom. The Kier molecular flexibility index (Phi) is 4.59. The molecule has 1 heterocycles. The number of thioether (sulfide) groups is 1. The van der Waals surface area contributed by atoms with Gasteiger partial charge in [-0.05, 0) is 18.7 Å². The Bertz CT molecular complexity index is 81.7. The highest BCUT2D eigenvalue weighted by Gasteiger charge is 2.06. The smallest absolute Gasteiger partial charge is 0.0351 e. The van der Waals surface area contributed by atoms with E-state index in [0.29, 0.717) is 0 Å². The third-order valence-corrected chi connectivity index (χ3v) is 2.93. The minimum absolute atomic E-state index is 0.782. The van der Waals surface area contributed by atoms with Crippen molar-refractivity contribution in [2.24, 2.45) is 0 Å². The van der Waals surface area contributed by atoms with Crippen LogP contribution in [0.3, 0.4) is 0 Å². The van der Waals surface area contributed by atoms with Gasteiger partial charge in [-0.15, -0.1) is 11.6 Å². The first-order valence-corrected chi connectivity index (χ1v) is 5.48. The molecular weight excluding hydrogens is 166 g/mol. The van der Waals surface area contributed by atoms with Gasteiger partial charge in [0.15, 0.2) is 0 Å². The number of hydrogen-bond acceptors (Lipinski definition) is 2. The van der Waals surface area contributed by atoms with E-state index in [-0.39, 0.29) is 0 Å². The van der Waals surface area contributed by atoms with Gasteiger partial charge in [-0.3, -0.25) is 0 Å². The quantitative estimate of drug-likeness (QED) is 0.594. The molecule has 60 valence electrons. The topological polar surface area (TPSA) is 3.24 Å². The van der Waals surface area contributed by atoms with Gasteiger partial charge in [-0.25, -0.2) is 0 Å². The molecule has 0 aromatic carbocycles. The molecule has 0 amide bonds. The highest BCUT2D eigenvalue weighted by Crippen LogP contribution is 2.09. The molecule has 10 heavy (non-hydrogen) atoms. The molecule has 1 fully saturated rings. The maximum absolute atomic E-state index is 5.64.